The third-order valence-corrected chi connectivity index (χ3v) is 8.74. The maximum atomic E-state index is 5.90. The third-order valence-electron chi connectivity index (χ3n) is 2.53. The van der Waals surface area contributed by atoms with Crippen LogP contribution in [0.5, 0.6) is 0 Å². The topological polar surface area (TPSA) is 27.7 Å². The quantitative estimate of drug-likeness (QED) is 0.394. The van der Waals surface area contributed by atoms with Crippen molar-refractivity contribution in [2.45, 2.75) is 26.8 Å². The first kappa shape index (κ1) is 17.8. The first-order valence-electron chi connectivity index (χ1n) is 6.43. The van der Waals surface area contributed by atoms with Gasteiger partial charge in [-0.2, -0.15) is 0 Å². The van der Waals surface area contributed by atoms with Crippen molar-refractivity contribution >= 4 is 54.0 Å². The maximum absolute atomic E-state index is 5.90. The Balaban J connectivity index is 3.00. The summed E-state index contributed by atoms with van der Waals surface area (Å²) >= 11 is 4.73. The van der Waals surface area contributed by atoms with E-state index in [0.717, 1.165) is 6.04 Å². The fourth-order valence-corrected chi connectivity index (χ4v) is 5.96. The smallest absolute Gasteiger partial charge is 0.374 e. The van der Waals surface area contributed by atoms with Crippen LogP contribution in [0.2, 0.25) is 0 Å². The van der Waals surface area contributed by atoms with Crippen LogP contribution in [0.4, 0.5) is 0 Å². The standard InChI is InChI=1S/C13H20I2O3Si/c1-4-16-19(17-5-2,18-6-3)10-11-8-7-9-12(14)13(11)15/h7-9H,4-6,10H2,1-3H3. The van der Waals surface area contributed by atoms with Crippen LogP contribution in [0.1, 0.15) is 26.3 Å². The van der Waals surface area contributed by atoms with E-state index in [1.54, 1.807) is 0 Å². The second-order valence-electron chi connectivity index (χ2n) is 3.87. The molecule has 0 aliphatic heterocycles. The summed E-state index contributed by atoms with van der Waals surface area (Å²) in [6.45, 7) is 7.81. The molecule has 0 aliphatic rings. The van der Waals surface area contributed by atoms with Gasteiger partial charge in [0.05, 0.1) is 0 Å². The van der Waals surface area contributed by atoms with Crippen molar-refractivity contribution in [3.05, 3.63) is 30.9 Å². The molecule has 0 heterocycles. The molecule has 3 nitrogen and oxygen atoms in total. The van der Waals surface area contributed by atoms with E-state index in [2.05, 4.69) is 63.4 Å². The Kier molecular flexibility index (Phi) is 8.38. The van der Waals surface area contributed by atoms with Crippen molar-refractivity contribution in [2.75, 3.05) is 19.8 Å². The Bertz CT molecular complexity index is 384. The predicted molar refractivity (Wildman–Crippen MR) is 96.2 cm³/mol. The molecule has 0 saturated heterocycles. The minimum Gasteiger partial charge on any atom is -0.374 e. The lowest BCUT2D eigenvalue weighted by Gasteiger charge is -2.29. The largest absolute Gasteiger partial charge is 0.505 e. The third kappa shape index (κ3) is 5.23. The van der Waals surface area contributed by atoms with Gasteiger partial charge in [0.25, 0.3) is 0 Å². The van der Waals surface area contributed by atoms with E-state index in [1.165, 1.54) is 12.7 Å². The van der Waals surface area contributed by atoms with Gasteiger partial charge in [-0.05, 0) is 77.6 Å². The van der Waals surface area contributed by atoms with Crippen LogP contribution in [0.15, 0.2) is 18.2 Å². The average molecular weight is 506 g/mol. The SMILES string of the molecule is CCO[Si](Cc1cccc(I)c1I)(OCC)OCC. The molecule has 0 spiro atoms. The molecule has 0 unspecified atom stereocenters. The van der Waals surface area contributed by atoms with Crippen molar-refractivity contribution in [3.8, 4) is 0 Å². The zero-order valence-corrected chi connectivity index (χ0v) is 16.9. The highest BCUT2D eigenvalue weighted by atomic mass is 127. The number of rotatable bonds is 8. The van der Waals surface area contributed by atoms with Gasteiger partial charge in [-0.15, -0.1) is 0 Å². The van der Waals surface area contributed by atoms with Gasteiger partial charge < -0.3 is 13.3 Å². The lowest BCUT2D eigenvalue weighted by atomic mass is 10.2. The molecular formula is C13H20I2O3Si. The Labute approximate surface area is 144 Å². The molecule has 0 bridgehead atoms. The molecule has 0 radical (unpaired) electrons. The highest BCUT2D eigenvalue weighted by Gasteiger charge is 2.41. The Morgan fingerprint density at radius 3 is 1.95 bits per heavy atom. The predicted octanol–water partition coefficient (Wildman–Crippen LogP) is 4.03. The van der Waals surface area contributed by atoms with Gasteiger partial charge in [-0.3, -0.25) is 0 Å². The monoisotopic (exact) mass is 506 g/mol. The first-order chi connectivity index (χ1) is 9.08. The van der Waals surface area contributed by atoms with Gasteiger partial charge in [0, 0.05) is 33.0 Å². The lowest BCUT2D eigenvalue weighted by molar-refractivity contribution is 0.0703. The van der Waals surface area contributed by atoms with E-state index in [0.29, 0.717) is 19.8 Å². The van der Waals surface area contributed by atoms with Crippen molar-refractivity contribution in [3.63, 3.8) is 0 Å². The number of halogens is 2. The Morgan fingerprint density at radius 1 is 0.947 bits per heavy atom. The zero-order valence-electron chi connectivity index (χ0n) is 11.5. The Hall–Kier alpha value is 0.777. The summed E-state index contributed by atoms with van der Waals surface area (Å²) in [5.74, 6) is 0. The summed E-state index contributed by atoms with van der Waals surface area (Å²) in [4.78, 5) is 0. The van der Waals surface area contributed by atoms with E-state index in [4.69, 9.17) is 13.3 Å². The van der Waals surface area contributed by atoms with Gasteiger partial charge in [0.1, 0.15) is 0 Å². The molecule has 19 heavy (non-hydrogen) atoms. The molecular weight excluding hydrogens is 486 g/mol. The summed E-state index contributed by atoms with van der Waals surface area (Å²) in [5.41, 5.74) is 1.24. The van der Waals surface area contributed by atoms with Crippen molar-refractivity contribution in [1.29, 1.82) is 0 Å². The Morgan fingerprint density at radius 2 is 1.47 bits per heavy atom. The summed E-state index contributed by atoms with van der Waals surface area (Å²) < 4.78 is 20.2. The van der Waals surface area contributed by atoms with E-state index in [1.807, 2.05) is 20.8 Å². The van der Waals surface area contributed by atoms with Crippen molar-refractivity contribution in [1.82, 2.24) is 0 Å². The molecule has 0 atom stereocenters. The number of hydrogen-bond donors (Lipinski definition) is 0. The fraction of sp³-hybridized carbons (Fsp3) is 0.538. The van der Waals surface area contributed by atoms with Crippen LogP contribution < -0.4 is 0 Å². The summed E-state index contributed by atoms with van der Waals surface area (Å²) in [6.07, 6.45) is 0. The molecule has 1 aromatic carbocycles. The molecule has 0 aliphatic carbocycles. The van der Waals surface area contributed by atoms with Crippen LogP contribution >= 0.6 is 45.2 Å². The van der Waals surface area contributed by atoms with Gasteiger partial charge in [0.15, 0.2) is 0 Å². The molecule has 1 rings (SSSR count). The summed E-state index contributed by atoms with van der Waals surface area (Å²) in [5, 5.41) is 0. The number of hydrogen-bond acceptors (Lipinski definition) is 3. The van der Waals surface area contributed by atoms with E-state index >= 15 is 0 Å². The van der Waals surface area contributed by atoms with Crippen molar-refractivity contribution < 1.29 is 13.3 Å². The highest BCUT2D eigenvalue weighted by Crippen LogP contribution is 2.24. The minimum absolute atomic E-state index is 0.618. The molecule has 108 valence electrons. The van der Waals surface area contributed by atoms with Crippen LogP contribution in [0.25, 0.3) is 0 Å². The normalized spacial score (nSPS) is 11.8. The molecule has 6 heteroatoms. The number of benzene rings is 1. The average Bonchev–Trinajstić information content (AvgIpc) is 2.36. The van der Waals surface area contributed by atoms with Crippen molar-refractivity contribution in [2.24, 2.45) is 0 Å². The van der Waals surface area contributed by atoms with Gasteiger partial charge >= 0.3 is 8.80 Å². The first-order valence-corrected chi connectivity index (χ1v) is 10.5. The zero-order chi connectivity index (χ0) is 14.3. The minimum atomic E-state index is -2.60. The van der Waals surface area contributed by atoms with E-state index < -0.39 is 8.80 Å². The molecule has 0 saturated carbocycles. The van der Waals surface area contributed by atoms with Crippen LogP contribution in [-0.2, 0) is 19.3 Å². The highest BCUT2D eigenvalue weighted by molar-refractivity contribution is 14.1. The van der Waals surface area contributed by atoms with Gasteiger partial charge in [-0.25, -0.2) is 0 Å². The molecule has 0 aromatic heterocycles. The van der Waals surface area contributed by atoms with Crippen LogP contribution in [0.3, 0.4) is 0 Å². The molecule has 0 fully saturated rings. The molecule has 1 aromatic rings. The van der Waals surface area contributed by atoms with Gasteiger partial charge in [-0.1, -0.05) is 12.1 Å². The van der Waals surface area contributed by atoms with E-state index in [9.17, 15) is 0 Å². The summed E-state index contributed by atoms with van der Waals surface area (Å²) in [6, 6.07) is 7.04. The lowest BCUT2D eigenvalue weighted by Crippen LogP contribution is -2.48. The second-order valence-corrected chi connectivity index (χ2v) is 8.70. The van der Waals surface area contributed by atoms with Crippen LogP contribution in [-0.4, -0.2) is 28.6 Å². The molecule has 0 N–H and O–H groups in total. The maximum Gasteiger partial charge on any atom is 0.505 e. The molecule has 0 amide bonds. The van der Waals surface area contributed by atoms with Gasteiger partial charge in [0.2, 0.25) is 0 Å². The van der Waals surface area contributed by atoms with Crippen LogP contribution in [0, 0.1) is 7.14 Å². The second kappa shape index (κ2) is 8.93. The van der Waals surface area contributed by atoms with E-state index in [-0.39, 0.29) is 0 Å². The fourth-order valence-electron chi connectivity index (χ4n) is 1.86. The summed E-state index contributed by atoms with van der Waals surface area (Å²) in [7, 11) is -2.60.